The maximum Gasteiger partial charge on any atom is 0.289 e. The van der Waals surface area contributed by atoms with Crippen LogP contribution in [0.1, 0.15) is 67.3 Å². The number of ether oxygens (including phenoxy) is 1. The average Bonchev–Trinajstić information content (AvgIpc) is 3.38. The van der Waals surface area contributed by atoms with E-state index in [0.717, 1.165) is 44.1 Å². The number of nitrogens with zero attached hydrogens (tertiary/aromatic N) is 1. The summed E-state index contributed by atoms with van der Waals surface area (Å²) in [5.74, 6) is -0.853. The van der Waals surface area contributed by atoms with Crippen LogP contribution in [0.5, 0.6) is 11.5 Å². The summed E-state index contributed by atoms with van der Waals surface area (Å²) in [5, 5.41) is 5.85. The van der Waals surface area contributed by atoms with Gasteiger partial charge in [0.15, 0.2) is 0 Å². The molecule has 1 aliphatic heterocycles. The molecule has 2 aliphatic rings. The molecular weight excluding hydrogens is 542 g/mol. The summed E-state index contributed by atoms with van der Waals surface area (Å²) in [7, 11) is 0. The monoisotopic (exact) mass is 581 g/mol. The number of ketones is 1. The summed E-state index contributed by atoms with van der Waals surface area (Å²) in [6, 6.07) is 23.7. The number of benzene rings is 3. The van der Waals surface area contributed by atoms with Crippen molar-refractivity contribution in [1.82, 2.24) is 15.5 Å². The second kappa shape index (κ2) is 14.6. The molecule has 3 amide bonds. The number of amides is 3. The maximum absolute atomic E-state index is 14.0. The third-order valence-electron chi connectivity index (χ3n) is 8.21. The molecule has 0 unspecified atom stereocenters. The molecular formula is C35H39N3O5. The van der Waals surface area contributed by atoms with Crippen LogP contribution in [0.25, 0.3) is 0 Å². The lowest BCUT2D eigenvalue weighted by molar-refractivity contribution is -0.145. The van der Waals surface area contributed by atoms with Crippen LogP contribution in [-0.4, -0.2) is 53.1 Å². The Bertz CT molecular complexity index is 1400. The predicted octanol–water partition coefficient (Wildman–Crippen LogP) is 5.22. The number of likely N-dealkylation sites (tertiary alicyclic amines) is 1. The van der Waals surface area contributed by atoms with E-state index in [1.54, 1.807) is 24.3 Å². The van der Waals surface area contributed by atoms with E-state index in [4.69, 9.17) is 4.74 Å². The smallest absolute Gasteiger partial charge is 0.289 e. The zero-order chi connectivity index (χ0) is 30.0. The second-order valence-corrected chi connectivity index (χ2v) is 11.4. The van der Waals surface area contributed by atoms with E-state index in [0.29, 0.717) is 36.4 Å². The topological polar surface area (TPSA) is 105 Å². The van der Waals surface area contributed by atoms with Crippen LogP contribution in [0.4, 0.5) is 0 Å². The Hall–Kier alpha value is -4.46. The van der Waals surface area contributed by atoms with Gasteiger partial charge in [0.1, 0.15) is 23.6 Å². The summed E-state index contributed by atoms with van der Waals surface area (Å²) in [6.45, 7) is 0.355. The minimum atomic E-state index is -0.924. The number of nitrogens with one attached hydrogen (secondary N) is 2. The lowest BCUT2D eigenvalue weighted by Crippen LogP contribution is -2.54. The standard InChI is InChI=1S/C35H39N3O5/c39-32(34(41)36-27-16-7-1-2-8-17-27)31-21-12-22-38(31)35(42)30(23-25-13-5-3-6-14-25)37-33(40)26-15-11-20-29(24-26)43-28-18-9-4-10-19-28/h3-6,9-11,13-15,18-20,24,27,30-31H,1-2,7-8,12,16-17,21-23H2,(H,36,41)(H,37,40)/t30-,31-/m0/s1. The van der Waals surface area contributed by atoms with Crippen molar-refractivity contribution >= 4 is 23.5 Å². The molecule has 2 atom stereocenters. The lowest BCUT2D eigenvalue weighted by Gasteiger charge is -2.29. The Balaban J connectivity index is 1.30. The van der Waals surface area contributed by atoms with Crippen molar-refractivity contribution in [2.24, 2.45) is 0 Å². The van der Waals surface area contributed by atoms with Gasteiger partial charge in [0, 0.05) is 24.6 Å². The van der Waals surface area contributed by atoms with Crippen molar-refractivity contribution in [1.29, 1.82) is 0 Å². The molecule has 0 spiro atoms. The van der Waals surface area contributed by atoms with Crippen molar-refractivity contribution < 1.29 is 23.9 Å². The van der Waals surface area contributed by atoms with E-state index >= 15 is 0 Å². The molecule has 3 aromatic rings. The van der Waals surface area contributed by atoms with E-state index < -0.39 is 29.7 Å². The zero-order valence-electron chi connectivity index (χ0n) is 24.4. The normalized spacial score (nSPS) is 17.9. The van der Waals surface area contributed by atoms with Crippen molar-refractivity contribution in [2.45, 2.75) is 75.9 Å². The molecule has 0 bridgehead atoms. The summed E-state index contributed by atoms with van der Waals surface area (Å²) in [4.78, 5) is 55.3. The molecule has 43 heavy (non-hydrogen) atoms. The quantitative estimate of drug-likeness (QED) is 0.252. The highest BCUT2D eigenvalue weighted by Crippen LogP contribution is 2.24. The number of carbonyl (C=O) groups excluding carboxylic acids is 4. The summed E-state index contributed by atoms with van der Waals surface area (Å²) in [5.41, 5.74) is 1.21. The van der Waals surface area contributed by atoms with Crippen molar-refractivity contribution in [3.05, 3.63) is 96.1 Å². The first kappa shape index (κ1) is 30.0. The highest BCUT2D eigenvalue weighted by molar-refractivity contribution is 6.38. The molecule has 224 valence electrons. The van der Waals surface area contributed by atoms with Gasteiger partial charge in [-0.3, -0.25) is 19.2 Å². The van der Waals surface area contributed by atoms with Gasteiger partial charge < -0.3 is 20.3 Å². The fraction of sp³-hybridized carbons (Fsp3) is 0.371. The van der Waals surface area contributed by atoms with Gasteiger partial charge in [-0.1, -0.05) is 80.3 Å². The molecule has 1 saturated carbocycles. The molecule has 5 rings (SSSR count). The first-order valence-electron chi connectivity index (χ1n) is 15.3. The van der Waals surface area contributed by atoms with E-state index in [2.05, 4.69) is 10.6 Å². The summed E-state index contributed by atoms with van der Waals surface area (Å²) in [6.07, 6.45) is 7.39. The zero-order valence-corrected chi connectivity index (χ0v) is 24.4. The van der Waals surface area contributed by atoms with Crippen molar-refractivity contribution in [2.75, 3.05) is 6.54 Å². The van der Waals surface area contributed by atoms with E-state index in [1.807, 2.05) is 60.7 Å². The Kier molecular flexibility index (Phi) is 10.2. The molecule has 0 radical (unpaired) electrons. The minimum Gasteiger partial charge on any atom is -0.457 e. The molecule has 2 fully saturated rings. The van der Waals surface area contributed by atoms with Crippen LogP contribution in [-0.2, 0) is 20.8 Å². The first-order chi connectivity index (χ1) is 21.0. The Morgan fingerprint density at radius 3 is 2.16 bits per heavy atom. The SMILES string of the molecule is O=C(NC1CCCCCC1)C(=O)[C@@H]1CCCN1C(=O)[C@H](Cc1ccccc1)NC(=O)c1cccc(Oc2ccccc2)c1. The summed E-state index contributed by atoms with van der Waals surface area (Å²) < 4.78 is 5.89. The van der Waals surface area contributed by atoms with Crippen LogP contribution in [0.3, 0.4) is 0 Å². The van der Waals surface area contributed by atoms with E-state index in [1.165, 1.54) is 4.90 Å². The summed E-state index contributed by atoms with van der Waals surface area (Å²) >= 11 is 0. The third-order valence-corrected chi connectivity index (χ3v) is 8.21. The largest absolute Gasteiger partial charge is 0.457 e. The minimum absolute atomic E-state index is 0.00347. The van der Waals surface area contributed by atoms with Crippen LogP contribution >= 0.6 is 0 Å². The van der Waals surface area contributed by atoms with E-state index in [9.17, 15) is 19.2 Å². The molecule has 1 saturated heterocycles. The molecule has 8 heteroatoms. The van der Waals surface area contributed by atoms with Crippen LogP contribution in [0.2, 0.25) is 0 Å². The van der Waals surface area contributed by atoms with Gasteiger partial charge in [0.05, 0.1) is 0 Å². The van der Waals surface area contributed by atoms with Gasteiger partial charge in [-0.05, 0) is 61.6 Å². The number of hydrogen-bond acceptors (Lipinski definition) is 5. The number of hydrogen-bond donors (Lipinski definition) is 2. The van der Waals surface area contributed by atoms with E-state index in [-0.39, 0.29) is 18.4 Å². The Labute approximate surface area is 252 Å². The molecule has 0 aromatic heterocycles. The van der Waals surface area contributed by atoms with Crippen LogP contribution in [0.15, 0.2) is 84.9 Å². The van der Waals surface area contributed by atoms with Gasteiger partial charge in [0.2, 0.25) is 11.7 Å². The maximum atomic E-state index is 14.0. The second-order valence-electron chi connectivity index (χ2n) is 11.4. The molecule has 3 aromatic carbocycles. The van der Waals surface area contributed by atoms with Crippen LogP contribution < -0.4 is 15.4 Å². The molecule has 1 aliphatic carbocycles. The highest BCUT2D eigenvalue weighted by atomic mass is 16.5. The Morgan fingerprint density at radius 2 is 1.44 bits per heavy atom. The number of rotatable bonds is 10. The number of para-hydroxylation sites is 1. The van der Waals surface area contributed by atoms with Crippen molar-refractivity contribution in [3.63, 3.8) is 0 Å². The van der Waals surface area contributed by atoms with Gasteiger partial charge >= 0.3 is 0 Å². The molecule has 2 N–H and O–H groups in total. The van der Waals surface area contributed by atoms with Gasteiger partial charge in [-0.25, -0.2) is 0 Å². The predicted molar refractivity (Wildman–Crippen MR) is 164 cm³/mol. The fourth-order valence-electron chi connectivity index (χ4n) is 5.95. The first-order valence-corrected chi connectivity index (χ1v) is 15.3. The van der Waals surface area contributed by atoms with Gasteiger partial charge in [0.25, 0.3) is 11.8 Å². The van der Waals surface area contributed by atoms with Crippen LogP contribution in [0, 0.1) is 0 Å². The highest BCUT2D eigenvalue weighted by Gasteiger charge is 2.40. The molecule has 8 nitrogen and oxygen atoms in total. The fourth-order valence-corrected chi connectivity index (χ4v) is 5.95. The van der Waals surface area contributed by atoms with Crippen molar-refractivity contribution in [3.8, 4) is 11.5 Å². The third kappa shape index (κ3) is 8.09. The lowest BCUT2D eigenvalue weighted by atomic mass is 10.0. The van der Waals surface area contributed by atoms with Gasteiger partial charge in [-0.15, -0.1) is 0 Å². The number of Topliss-reactive ketones (excluding diaryl/α,β-unsaturated/α-hetero) is 1. The number of carbonyl (C=O) groups is 4. The molecule has 1 heterocycles. The van der Waals surface area contributed by atoms with Gasteiger partial charge in [-0.2, -0.15) is 0 Å². The Morgan fingerprint density at radius 1 is 0.767 bits per heavy atom. The average molecular weight is 582 g/mol.